The van der Waals surface area contributed by atoms with Crippen LogP contribution in [0.1, 0.15) is 94.4 Å². The number of aromatic nitrogens is 3. The molecule has 4 aromatic carbocycles. The Bertz CT molecular complexity index is 2470. The molecule has 0 N–H and O–H groups in total. The molecule has 350 valence electrons. The van der Waals surface area contributed by atoms with E-state index in [-0.39, 0.29) is 30.1 Å². The van der Waals surface area contributed by atoms with Gasteiger partial charge in [0.2, 0.25) is 0 Å². The van der Waals surface area contributed by atoms with E-state index in [4.69, 9.17) is 28.1 Å². The van der Waals surface area contributed by atoms with Crippen molar-refractivity contribution in [1.82, 2.24) is 15.0 Å². The van der Waals surface area contributed by atoms with Gasteiger partial charge in [0.15, 0.2) is 29.4 Å². The molecule has 0 saturated heterocycles. The van der Waals surface area contributed by atoms with Crippen molar-refractivity contribution in [3.8, 4) is 23.0 Å². The van der Waals surface area contributed by atoms with Crippen molar-refractivity contribution in [1.29, 1.82) is 0 Å². The van der Waals surface area contributed by atoms with Crippen LogP contribution < -0.4 is 28.7 Å². The minimum Gasteiger partial charge on any atom is -0.493 e. The number of carbonyl (C=O) groups excluding carboxylic acids is 2. The maximum Gasteiger partial charge on any atom is 0.387 e. The lowest BCUT2D eigenvalue weighted by molar-refractivity contribution is -0.0519. The largest absolute Gasteiger partial charge is 0.493 e. The summed E-state index contributed by atoms with van der Waals surface area (Å²) in [5, 5.41) is 0. The molecule has 2 heterocycles. The number of anilines is 4. The monoisotopic (exact) mass is 909 g/mol. The molecule has 0 unspecified atom stereocenters. The molecular weight excluding hydrogens is 853 g/mol. The maximum atomic E-state index is 12.9. The summed E-state index contributed by atoms with van der Waals surface area (Å²) < 4.78 is 63.7. The second kappa shape index (κ2) is 22.6. The summed E-state index contributed by atoms with van der Waals surface area (Å²) in [5.41, 5.74) is 3.68. The molecule has 0 aliphatic rings. The summed E-state index contributed by atoms with van der Waals surface area (Å²) in [5.74, 6) is 1.16. The van der Waals surface area contributed by atoms with Gasteiger partial charge in [0.05, 0.1) is 50.2 Å². The number of rotatable bonds is 17. The first-order chi connectivity index (χ1) is 31.3. The summed E-state index contributed by atoms with van der Waals surface area (Å²) in [6.45, 7) is 14.8. The topological polar surface area (TPSA) is 148 Å². The number of halogens is 2. The number of alkyl halides is 2. The van der Waals surface area contributed by atoms with Crippen LogP contribution in [0, 0.1) is 0 Å². The quantitative estimate of drug-likeness (QED) is 0.0799. The average molecular weight is 910 g/mol. The van der Waals surface area contributed by atoms with Gasteiger partial charge in [0.1, 0.15) is 23.3 Å². The van der Waals surface area contributed by atoms with Gasteiger partial charge in [-0.15, -0.1) is 0 Å². The molecule has 6 aromatic rings. The molecule has 0 aliphatic heterocycles. The highest BCUT2D eigenvalue weighted by atomic mass is 19.3. The van der Waals surface area contributed by atoms with Gasteiger partial charge < -0.3 is 42.6 Å². The highest BCUT2D eigenvalue weighted by Gasteiger charge is 2.23. The zero-order valence-electron chi connectivity index (χ0n) is 38.9. The lowest BCUT2D eigenvalue weighted by Crippen LogP contribution is -2.24. The fourth-order valence-electron chi connectivity index (χ4n) is 6.29. The standard InChI is InChI=1S/C25H28F2N2O5.C25H29N3O4/c1-16(2)32-22-12-19(9-10-21(22)33-24(26)27)29(14-20-13-28-15-31-20)18-8-6-7-17(11-18)23(30)34-25(3,4)5;1-6-31-23-13-21(11-12-22(23)30-5)28(16-18-14-26-17-27-15-18)20-9-7-19(8-10-20)24(29)32-25(2,3)4/h6-13,15-16,24H,14H2,1-5H3;7-15,17H,6,16H2,1-5H3. The Morgan fingerprint density at radius 2 is 1.23 bits per heavy atom. The molecule has 0 bridgehead atoms. The Kier molecular flexibility index (Phi) is 17.0. The first kappa shape index (κ1) is 49.8. The van der Waals surface area contributed by atoms with Crippen molar-refractivity contribution in [2.75, 3.05) is 23.5 Å². The first-order valence-corrected chi connectivity index (χ1v) is 21.2. The van der Waals surface area contributed by atoms with Gasteiger partial charge in [-0.3, -0.25) is 0 Å². The van der Waals surface area contributed by atoms with E-state index in [9.17, 15) is 18.4 Å². The second-order valence-corrected chi connectivity index (χ2v) is 16.9. The number of carbonyl (C=O) groups is 2. The number of hydrogen-bond donors (Lipinski definition) is 0. The van der Waals surface area contributed by atoms with Crippen molar-refractivity contribution >= 4 is 34.7 Å². The third-order valence-corrected chi connectivity index (χ3v) is 8.93. The highest BCUT2D eigenvalue weighted by molar-refractivity contribution is 5.91. The van der Waals surface area contributed by atoms with Crippen molar-refractivity contribution in [3.05, 3.63) is 139 Å². The molecule has 0 aliphatic carbocycles. The molecule has 0 fully saturated rings. The predicted molar refractivity (Wildman–Crippen MR) is 246 cm³/mol. The van der Waals surface area contributed by atoms with Gasteiger partial charge >= 0.3 is 18.6 Å². The van der Waals surface area contributed by atoms with Crippen molar-refractivity contribution in [2.45, 2.75) is 99.3 Å². The summed E-state index contributed by atoms with van der Waals surface area (Å²) in [6.07, 6.45) is 7.68. The van der Waals surface area contributed by atoms with Crippen molar-refractivity contribution in [2.24, 2.45) is 0 Å². The summed E-state index contributed by atoms with van der Waals surface area (Å²) in [6, 6.07) is 24.7. The Hall–Kier alpha value is -7.23. The normalized spacial score (nSPS) is 11.3. The van der Waals surface area contributed by atoms with Gasteiger partial charge in [-0.1, -0.05) is 6.07 Å². The smallest absolute Gasteiger partial charge is 0.387 e. The van der Waals surface area contributed by atoms with Crippen molar-refractivity contribution in [3.63, 3.8) is 0 Å². The van der Waals surface area contributed by atoms with Gasteiger partial charge in [-0.2, -0.15) is 8.78 Å². The molecule has 2 aromatic heterocycles. The van der Waals surface area contributed by atoms with E-state index in [1.54, 1.807) is 103 Å². The molecule has 66 heavy (non-hydrogen) atoms. The predicted octanol–water partition coefficient (Wildman–Crippen LogP) is 11.5. The lowest BCUT2D eigenvalue weighted by atomic mass is 10.1. The van der Waals surface area contributed by atoms with E-state index in [0.29, 0.717) is 52.9 Å². The van der Waals surface area contributed by atoms with Crippen LogP contribution in [0.15, 0.2) is 121 Å². The molecular formula is C50H57F2N5O9. The number of ether oxygens (including phenoxy) is 6. The molecule has 16 heteroatoms. The molecule has 0 radical (unpaired) electrons. The van der Waals surface area contributed by atoms with E-state index in [1.165, 1.54) is 18.8 Å². The van der Waals surface area contributed by atoms with E-state index >= 15 is 0 Å². The molecule has 0 atom stereocenters. The molecule has 14 nitrogen and oxygen atoms in total. The number of nitrogens with zero attached hydrogens (tertiary/aromatic N) is 5. The fraction of sp³-hybridized carbons (Fsp3) is 0.340. The van der Waals surface area contributed by atoms with Gasteiger partial charge in [0, 0.05) is 52.8 Å². The third kappa shape index (κ3) is 14.9. The number of esters is 2. The SMILES string of the molecule is CC(C)Oc1cc(N(Cc2cnco2)c2cccc(C(=O)OC(C)(C)C)c2)ccc1OC(F)F.CCOc1cc(N(Cc2cncnc2)c2ccc(C(=O)OC(C)(C)C)cc2)ccc1OC. The summed E-state index contributed by atoms with van der Waals surface area (Å²) in [4.78, 5) is 41.2. The van der Waals surface area contributed by atoms with E-state index < -0.39 is 23.8 Å². The van der Waals surface area contributed by atoms with Crippen LogP contribution >= 0.6 is 0 Å². The highest BCUT2D eigenvalue weighted by Crippen LogP contribution is 2.38. The fourth-order valence-corrected chi connectivity index (χ4v) is 6.29. The second-order valence-electron chi connectivity index (χ2n) is 16.9. The molecule has 6 rings (SSSR count). The van der Waals surface area contributed by atoms with Crippen LogP contribution in [0.4, 0.5) is 31.5 Å². The summed E-state index contributed by atoms with van der Waals surface area (Å²) >= 11 is 0. The Labute approximate surface area is 384 Å². The van der Waals surface area contributed by atoms with Crippen LogP contribution in [0.3, 0.4) is 0 Å². The minimum absolute atomic E-state index is 0.0745. The molecule has 0 spiro atoms. The van der Waals surface area contributed by atoms with Crippen LogP contribution in [0.5, 0.6) is 23.0 Å². The minimum atomic E-state index is -2.99. The lowest BCUT2D eigenvalue weighted by Gasteiger charge is -2.26. The van der Waals surface area contributed by atoms with Gasteiger partial charge in [-0.05, 0) is 129 Å². The molecule has 0 saturated carbocycles. The maximum absolute atomic E-state index is 12.9. The van der Waals surface area contributed by atoms with E-state index in [1.807, 2.05) is 69.0 Å². The zero-order valence-corrected chi connectivity index (χ0v) is 38.9. The first-order valence-electron chi connectivity index (χ1n) is 21.2. The van der Waals surface area contributed by atoms with Crippen molar-refractivity contribution < 1.29 is 51.2 Å². The third-order valence-electron chi connectivity index (χ3n) is 8.93. The van der Waals surface area contributed by atoms with Crippen LogP contribution in [-0.2, 0) is 22.6 Å². The van der Waals surface area contributed by atoms with E-state index in [0.717, 1.165) is 16.9 Å². The Morgan fingerprint density at radius 3 is 1.79 bits per heavy atom. The Morgan fingerprint density at radius 1 is 0.652 bits per heavy atom. The number of methoxy groups -OCH3 is 1. The Balaban J connectivity index is 0.000000248. The number of hydrogen-bond acceptors (Lipinski definition) is 14. The average Bonchev–Trinajstić information content (AvgIpc) is 3.78. The number of oxazole rings is 1. The van der Waals surface area contributed by atoms with E-state index in [2.05, 4.69) is 24.6 Å². The molecule has 0 amide bonds. The van der Waals surface area contributed by atoms with Crippen LogP contribution in [0.25, 0.3) is 0 Å². The van der Waals surface area contributed by atoms with Crippen LogP contribution in [0.2, 0.25) is 0 Å². The van der Waals surface area contributed by atoms with Crippen LogP contribution in [-0.4, -0.2) is 64.5 Å². The van der Waals surface area contributed by atoms with Gasteiger partial charge in [-0.25, -0.2) is 24.5 Å². The van der Waals surface area contributed by atoms with Gasteiger partial charge in [0.25, 0.3) is 0 Å². The summed E-state index contributed by atoms with van der Waals surface area (Å²) in [7, 11) is 1.62. The number of benzene rings is 4. The zero-order chi connectivity index (χ0) is 48.0.